The number of nitrogens with zero attached hydrogens (tertiary/aromatic N) is 1. The highest BCUT2D eigenvalue weighted by Crippen LogP contribution is 2.19. The van der Waals surface area contributed by atoms with Crippen molar-refractivity contribution in [1.82, 2.24) is 4.90 Å². The monoisotopic (exact) mass is 233 g/mol. The summed E-state index contributed by atoms with van der Waals surface area (Å²) in [6, 6.07) is 8.48. The molecule has 0 radical (unpaired) electrons. The maximum absolute atomic E-state index is 5.33. The number of hydrogen-bond donors (Lipinski definition) is 0. The summed E-state index contributed by atoms with van der Waals surface area (Å²) >= 11 is 0. The quantitative estimate of drug-likeness (QED) is 0.777. The van der Waals surface area contributed by atoms with E-state index in [4.69, 9.17) is 4.74 Å². The molecule has 1 aliphatic rings. The van der Waals surface area contributed by atoms with Crippen LogP contribution in [0.2, 0.25) is 0 Å². The highest BCUT2D eigenvalue weighted by Gasteiger charge is 2.13. The van der Waals surface area contributed by atoms with E-state index in [-0.39, 0.29) is 0 Å². The van der Waals surface area contributed by atoms with Gasteiger partial charge in [-0.15, -0.1) is 0 Å². The maximum atomic E-state index is 5.33. The Morgan fingerprint density at radius 1 is 1.24 bits per heavy atom. The van der Waals surface area contributed by atoms with Crippen molar-refractivity contribution in [2.75, 3.05) is 26.3 Å². The molecule has 1 aliphatic heterocycles. The summed E-state index contributed by atoms with van der Waals surface area (Å²) < 4.78 is 5.33. The lowest BCUT2D eigenvalue weighted by Gasteiger charge is -2.30. The van der Waals surface area contributed by atoms with E-state index in [2.05, 4.69) is 42.7 Å². The summed E-state index contributed by atoms with van der Waals surface area (Å²) in [5.74, 6) is 0. The highest BCUT2D eigenvalue weighted by atomic mass is 16.5. The molecular weight excluding hydrogens is 210 g/mol. The second-order valence-corrected chi connectivity index (χ2v) is 3.92. The van der Waals surface area contributed by atoms with Gasteiger partial charge in [0.1, 0.15) is 0 Å². The minimum atomic E-state index is 0.810. The standard InChI is InChI=1S/C13H17NO.C2H6/c1-11-4-3-5-13(10-11)12(2)14-6-8-15-9-7-14;1-2/h3-5,10H,2,6-9H2,1H3;1-2H3. The normalized spacial score (nSPS) is 14.9. The second kappa shape index (κ2) is 7.13. The van der Waals surface area contributed by atoms with E-state index in [1.165, 1.54) is 11.1 Å². The summed E-state index contributed by atoms with van der Waals surface area (Å²) in [6.07, 6.45) is 0. The van der Waals surface area contributed by atoms with E-state index in [1.807, 2.05) is 13.8 Å². The van der Waals surface area contributed by atoms with Crippen LogP contribution in [0.25, 0.3) is 5.70 Å². The molecule has 0 saturated carbocycles. The number of morpholine rings is 1. The number of benzene rings is 1. The Kier molecular flexibility index (Phi) is 5.78. The van der Waals surface area contributed by atoms with Crippen molar-refractivity contribution in [3.8, 4) is 0 Å². The number of aryl methyl sites for hydroxylation is 1. The van der Waals surface area contributed by atoms with E-state index in [9.17, 15) is 0 Å². The maximum Gasteiger partial charge on any atom is 0.0642 e. The Morgan fingerprint density at radius 3 is 2.47 bits per heavy atom. The fraction of sp³-hybridized carbons (Fsp3) is 0.467. The zero-order valence-corrected chi connectivity index (χ0v) is 11.2. The van der Waals surface area contributed by atoms with Gasteiger partial charge in [0, 0.05) is 18.8 Å². The van der Waals surface area contributed by atoms with Gasteiger partial charge in [-0.1, -0.05) is 44.2 Å². The molecule has 94 valence electrons. The van der Waals surface area contributed by atoms with E-state index < -0.39 is 0 Å². The molecule has 1 aromatic rings. The van der Waals surface area contributed by atoms with E-state index in [0.29, 0.717) is 0 Å². The number of rotatable bonds is 2. The largest absolute Gasteiger partial charge is 0.378 e. The Labute approximate surface area is 105 Å². The average Bonchev–Trinajstić information content (AvgIpc) is 2.41. The molecule has 0 unspecified atom stereocenters. The predicted octanol–water partition coefficient (Wildman–Crippen LogP) is 3.32. The molecule has 1 aromatic carbocycles. The fourth-order valence-electron chi connectivity index (χ4n) is 1.84. The van der Waals surface area contributed by atoms with Crippen molar-refractivity contribution in [2.24, 2.45) is 0 Å². The third-order valence-corrected chi connectivity index (χ3v) is 2.74. The third-order valence-electron chi connectivity index (χ3n) is 2.74. The zero-order chi connectivity index (χ0) is 12.7. The topological polar surface area (TPSA) is 12.5 Å². The molecule has 17 heavy (non-hydrogen) atoms. The smallest absolute Gasteiger partial charge is 0.0642 e. The molecule has 0 aromatic heterocycles. The molecule has 0 N–H and O–H groups in total. The number of hydrogen-bond acceptors (Lipinski definition) is 2. The van der Waals surface area contributed by atoms with Gasteiger partial charge >= 0.3 is 0 Å². The molecule has 2 nitrogen and oxygen atoms in total. The van der Waals surface area contributed by atoms with E-state index in [1.54, 1.807) is 0 Å². The van der Waals surface area contributed by atoms with Crippen LogP contribution in [-0.2, 0) is 4.74 Å². The Balaban J connectivity index is 0.000000686. The van der Waals surface area contributed by atoms with Crippen LogP contribution in [0.1, 0.15) is 25.0 Å². The van der Waals surface area contributed by atoms with Crippen molar-refractivity contribution in [3.05, 3.63) is 42.0 Å². The molecule has 0 bridgehead atoms. The molecule has 0 amide bonds. The second-order valence-electron chi connectivity index (χ2n) is 3.92. The van der Waals surface area contributed by atoms with Crippen LogP contribution >= 0.6 is 0 Å². The lowest BCUT2D eigenvalue weighted by Crippen LogP contribution is -2.34. The van der Waals surface area contributed by atoms with Crippen LogP contribution in [-0.4, -0.2) is 31.2 Å². The minimum Gasteiger partial charge on any atom is -0.378 e. The van der Waals surface area contributed by atoms with Crippen LogP contribution in [0.3, 0.4) is 0 Å². The lowest BCUT2D eigenvalue weighted by atomic mass is 10.1. The fourth-order valence-corrected chi connectivity index (χ4v) is 1.84. The summed E-state index contributed by atoms with van der Waals surface area (Å²) in [7, 11) is 0. The Hall–Kier alpha value is -1.28. The summed E-state index contributed by atoms with van der Waals surface area (Å²) in [5, 5.41) is 0. The van der Waals surface area contributed by atoms with Gasteiger partial charge in [0.2, 0.25) is 0 Å². The first kappa shape index (κ1) is 13.8. The Bertz CT molecular complexity index is 354. The van der Waals surface area contributed by atoms with Crippen LogP contribution in [0.4, 0.5) is 0 Å². The van der Waals surface area contributed by atoms with Gasteiger partial charge in [-0.05, 0) is 18.6 Å². The van der Waals surface area contributed by atoms with E-state index >= 15 is 0 Å². The SMILES string of the molecule is C=C(c1cccc(C)c1)N1CCOCC1.CC. The highest BCUT2D eigenvalue weighted by molar-refractivity contribution is 5.62. The lowest BCUT2D eigenvalue weighted by molar-refractivity contribution is 0.0641. The van der Waals surface area contributed by atoms with Crippen LogP contribution in [0.5, 0.6) is 0 Å². The minimum absolute atomic E-state index is 0.810. The van der Waals surface area contributed by atoms with Crippen molar-refractivity contribution in [1.29, 1.82) is 0 Å². The Morgan fingerprint density at radius 2 is 1.88 bits per heavy atom. The van der Waals surface area contributed by atoms with Gasteiger partial charge in [0.25, 0.3) is 0 Å². The van der Waals surface area contributed by atoms with Gasteiger partial charge < -0.3 is 9.64 Å². The van der Waals surface area contributed by atoms with Crippen molar-refractivity contribution in [3.63, 3.8) is 0 Å². The zero-order valence-electron chi connectivity index (χ0n) is 11.2. The van der Waals surface area contributed by atoms with Crippen molar-refractivity contribution >= 4 is 5.70 Å². The van der Waals surface area contributed by atoms with Crippen molar-refractivity contribution < 1.29 is 4.74 Å². The number of ether oxygens (including phenoxy) is 1. The van der Waals surface area contributed by atoms with Crippen LogP contribution < -0.4 is 0 Å². The molecule has 1 fully saturated rings. The van der Waals surface area contributed by atoms with Crippen LogP contribution in [0.15, 0.2) is 30.8 Å². The molecular formula is C15H23NO. The van der Waals surface area contributed by atoms with Crippen LogP contribution in [0, 0.1) is 6.92 Å². The predicted molar refractivity (Wildman–Crippen MR) is 74.0 cm³/mol. The first-order valence-electron chi connectivity index (χ1n) is 6.36. The summed E-state index contributed by atoms with van der Waals surface area (Å²) in [6.45, 7) is 13.8. The first-order chi connectivity index (χ1) is 8.27. The van der Waals surface area contributed by atoms with Crippen molar-refractivity contribution in [2.45, 2.75) is 20.8 Å². The molecule has 0 atom stereocenters. The first-order valence-corrected chi connectivity index (χ1v) is 6.36. The third kappa shape index (κ3) is 3.90. The van der Waals surface area contributed by atoms with Gasteiger partial charge in [-0.3, -0.25) is 0 Å². The van der Waals surface area contributed by atoms with Gasteiger partial charge in [0.05, 0.1) is 13.2 Å². The molecule has 1 saturated heterocycles. The molecule has 2 rings (SSSR count). The molecule has 2 heteroatoms. The van der Waals surface area contributed by atoms with Gasteiger partial charge in [-0.2, -0.15) is 0 Å². The average molecular weight is 233 g/mol. The van der Waals surface area contributed by atoms with Gasteiger partial charge in [0.15, 0.2) is 0 Å². The summed E-state index contributed by atoms with van der Waals surface area (Å²) in [4.78, 5) is 2.29. The van der Waals surface area contributed by atoms with E-state index in [0.717, 1.165) is 32.0 Å². The molecule has 0 spiro atoms. The molecule has 0 aliphatic carbocycles. The summed E-state index contributed by atoms with van der Waals surface area (Å²) in [5.41, 5.74) is 3.61. The van der Waals surface area contributed by atoms with Gasteiger partial charge in [-0.25, -0.2) is 0 Å². The molecule has 1 heterocycles.